The van der Waals surface area contributed by atoms with Crippen molar-refractivity contribution in [1.82, 2.24) is 9.47 Å². The normalized spacial score (nSPS) is 18.2. The van der Waals surface area contributed by atoms with E-state index >= 15 is 0 Å². The lowest BCUT2D eigenvalue weighted by Crippen LogP contribution is -2.40. The first-order valence-corrected chi connectivity index (χ1v) is 9.82. The van der Waals surface area contributed by atoms with Crippen molar-refractivity contribution < 1.29 is 9.59 Å². The maximum absolute atomic E-state index is 12.8. The van der Waals surface area contributed by atoms with Gasteiger partial charge in [0, 0.05) is 13.6 Å². The molecule has 2 amide bonds. The van der Waals surface area contributed by atoms with Crippen molar-refractivity contribution in [2.75, 3.05) is 6.54 Å². The van der Waals surface area contributed by atoms with Gasteiger partial charge in [0.25, 0.3) is 11.8 Å². The van der Waals surface area contributed by atoms with Crippen LogP contribution in [-0.2, 0) is 11.8 Å². The van der Waals surface area contributed by atoms with Crippen LogP contribution in [0.4, 0.5) is 0 Å². The number of benzene rings is 1. The number of nitrogens with zero attached hydrogens (tertiary/aromatic N) is 3. The number of aryl methyl sites for hydroxylation is 1. The Balaban J connectivity index is 1.65. The molecule has 0 N–H and O–H groups in total. The van der Waals surface area contributed by atoms with Gasteiger partial charge in [-0.25, -0.2) is 0 Å². The highest BCUT2D eigenvalue weighted by molar-refractivity contribution is 7.16. The number of carbonyl (C=O) groups excluding carboxylic acids is 2. The van der Waals surface area contributed by atoms with Crippen molar-refractivity contribution >= 4 is 44.7 Å². The summed E-state index contributed by atoms with van der Waals surface area (Å²) < 4.78 is 3.02. The number of hydrogen-bond acceptors (Lipinski definition) is 4. The summed E-state index contributed by atoms with van der Waals surface area (Å²) in [5.41, 5.74) is 1.05. The molecule has 1 aliphatic rings. The molecule has 1 aromatic carbocycles. The summed E-state index contributed by atoms with van der Waals surface area (Å²) in [7, 11) is 1.91. The van der Waals surface area contributed by atoms with Gasteiger partial charge in [-0.3, -0.25) is 9.59 Å². The molecular formula is C18H17N3O2S2. The summed E-state index contributed by atoms with van der Waals surface area (Å²) in [5, 5.41) is 1.88. The average molecular weight is 371 g/mol. The van der Waals surface area contributed by atoms with Gasteiger partial charge in [0.2, 0.25) is 0 Å². The zero-order valence-corrected chi connectivity index (χ0v) is 15.3. The number of fused-ring (bicyclic) bond motifs is 1. The molecular weight excluding hydrogens is 354 g/mol. The molecule has 4 rings (SSSR count). The molecule has 128 valence electrons. The molecule has 1 saturated heterocycles. The van der Waals surface area contributed by atoms with Crippen LogP contribution >= 0.6 is 22.7 Å². The van der Waals surface area contributed by atoms with E-state index in [1.807, 2.05) is 47.3 Å². The molecule has 3 heterocycles. The molecule has 1 fully saturated rings. The monoisotopic (exact) mass is 371 g/mol. The van der Waals surface area contributed by atoms with Gasteiger partial charge in [-0.05, 0) is 36.4 Å². The molecule has 0 bridgehead atoms. The van der Waals surface area contributed by atoms with Crippen LogP contribution in [0.1, 0.15) is 22.5 Å². The maximum atomic E-state index is 12.8. The van der Waals surface area contributed by atoms with Gasteiger partial charge in [0.15, 0.2) is 4.80 Å². The van der Waals surface area contributed by atoms with Gasteiger partial charge in [-0.1, -0.05) is 29.5 Å². The Bertz CT molecular complexity index is 1000. The minimum atomic E-state index is -0.459. The third-order valence-corrected chi connectivity index (χ3v) is 6.42. The highest BCUT2D eigenvalue weighted by atomic mass is 32.1. The number of likely N-dealkylation sites (tertiary alicyclic amines) is 1. The quantitative estimate of drug-likeness (QED) is 0.695. The summed E-state index contributed by atoms with van der Waals surface area (Å²) in [6, 6.07) is 11.2. The largest absolute Gasteiger partial charge is 0.326 e. The summed E-state index contributed by atoms with van der Waals surface area (Å²) in [5.74, 6) is -0.300. The SMILES string of the molecule is Cn1c(=NC(=O)[C@@H]2CCCN2C(=O)c2cccs2)sc2ccccc21. The van der Waals surface area contributed by atoms with E-state index in [0.717, 1.165) is 16.6 Å². The Kier molecular flexibility index (Phi) is 4.27. The molecule has 0 aliphatic carbocycles. The first-order valence-electron chi connectivity index (χ1n) is 8.13. The minimum absolute atomic E-state index is 0.0678. The van der Waals surface area contributed by atoms with Gasteiger partial charge in [0.05, 0.1) is 15.1 Å². The van der Waals surface area contributed by atoms with Crippen molar-refractivity contribution in [2.45, 2.75) is 18.9 Å². The van der Waals surface area contributed by atoms with Crippen LogP contribution in [0, 0.1) is 0 Å². The smallest absolute Gasteiger partial charge is 0.271 e. The number of hydrogen-bond donors (Lipinski definition) is 0. The Morgan fingerprint density at radius 1 is 1.20 bits per heavy atom. The first kappa shape index (κ1) is 16.2. The number of para-hydroxylation sites is 1. The molecule has 0 spiro atoms. The van der Waals surface area contributed by atoms with E-state index in [4.69, 9.17) is 0 Å². The van der Waals surface area contributed by atoms with Crippen molar-refractivity contribution in [3.63, 3.8) is 0 Å². The first-order chi connectivity index (χ1) is 12.1. The van der Waals surface area contributed by atoms with Crippen LogP contribution < -0.4 is 4.80 Å². The highest BCUT2D eigenvalue weighted by Crippen LogP contribution is 2.23. The number of amides is 2. The van der Waals surface area contributed by atoms with E-state index < -0.39 is 6.04 Å². The van der Waals surface area contributed by atoms with Crippen molar-refractivity contribution in [1.29, 1.82) is 0 Å². The molecule has 25 heavy (non-hydrogen) atoms. The second kappa shape index (κ2) is 6.57. The number of rotatable bonds is 2. The van der Waals surface area contributed by atoms with Crippen LogP contribution in [0.3, 0.4) is 0 Å². The van der Waals surface area contributed by atoms with Crippen molar-refractivity contribution in [3.8, 4) is 0 Å². The van der Waals surface area contributed by atoms with Gasteiger partial charge >= 0.3 is 0 Å². The lowest BCUT2D eigenvalue weighted by atomic mass is 10.2. The predicted octanol–water partition coefficient (Wildman–Crippen LogP) is 3.03. The van der Waals surface area contributed by atoms with Crippen LogP contribution in [0.25, 0.3) is 10.2 Å². The maximum Gasteiger partial charge on any atom is 0.271 e. The molecule has 7 heteroatoms. The summed E-state index contributed by atoms with van der Waals surface area (Å²) in [6.45, 7) is 0.612. The van der Waals surface area contributed by atoms with Crippen LogP contribution in [0.15, 0.2) is 46.8 Å². The lowest BCUT2D eigenvalue weighted by molar-refractivity contribution is -0.121. The summed E-state index contributed by atoms with van der Waals surface area (Å²) >= 11 is 2.90. The summed E-state index contributed by atoms with van der Waals surface area (Å²) in [4.78, 5) is 32.7. The Morgan fingerprint density at radius 3 is 2.80 bits per heavy atom. The molecule has 0 radical (unpaired) electrons. The zero-order chi connectivity index (χ0) is 17.4. The molecule has 3 aromatic rings. The fourth-order valence-corrected chi connectivity index (χ4v) is 4.87. The van der Waals surface area contributed by atoms with E-state index in [2.05, 4.69) is 4.99 Å². The van der Waals surface area contributed by atoms with Gasteiger partial charge < -0.3 is 9.47 Å². The lowest BCUT2D eigenvalue weighted by Gasteiger charge is -2.21. The second-order valence-electron chi connectivity index (χ2n) is 6.00. The standard InChI is InChI=1S/C18H17N3O2S2/c1-20-12-6-2-3-8-14(12)25-18(20)19-16(22)13-7-4-10-21(13)17(23)15-9-5-11-24-15/h2-3,5-6,8-9,11,13H,4,7,10H2,1H3/t13-/m0/s1. The molecule has 2 aromatic heterocycles. The number of aromatic nitrogens is 1. The summed E-state index contributed by atoms with van der Waals surface area (Å²) in [6.07, 6.45) is 1.51. The number of thiophene rings is 1. The average Bonchev–Trinajstić information content (AvgIpc) is 3.35. The molecule has 1 aliphatic heterocycles. The molecule has 0 unspecified atom stereocenters. The van der Waals surface area contributed by atoms with E-state index in [-0.39, 0.29) is 11.8 Å². The predicted molar refractivity (Wildman–Crippen MR) is 99.7 cm³/mol. The van der Waals surface area contributed by atoms with Crippen molar-refractivity contribution in [2.24, 2.45) is 12.0 Å². The number of thiazole rings is 1. The molecule has 5 nitrogen and oxygen atoms in total. The van der Waals surface area contributed by atoms with Gasteiger partial charge in [0.1, 0.15) is 6.04 Å². The van der Waals surface area contributed by atoms with Crippen LogP contribution in [0.2, 0.25) is 0 Å². The van der Waals surface area contributed by atoms with E-state index in [1.165, 1.54) is 22.7 Å². The Labute approximate surface area is 152 Å². The Hall–Kier alpha value is -2.25. The third kappa shape index (κ3) is 2.94. The fraction of sp³-hybridized carbons (Fsp3) is 0.278. The van der Waals surface area contributed by atoms with E-state index in [0.29, 0.717) is 22.6 Å². The van der Waals surface area contributed by atoms with Gasteiger partial charge in [-0.2, -0.15) is 4.99 Å². The molecule has 1 atom stereocenters. The second-order valence-corrected chi connectivity index (χ2v) is 7.95. The van der Waals surface area contributed by atoms with E-state index in [1.54, 1.807) is 11.0 Å². The minimum Gasteiger partial charge on any atom is -0.326 e. The number of carbonyl (C=O) groups is 2. The van der Waals surface area contributed by atoms with Crippen molar-refractivity contribution in [3.05, 3.63) is 51.5 Å². The molecule has 0 saturated carbocycles. The van der Waals surface area contributed by atoms with Crippen LogP contribution in [-0.4, -0.2) is 33.9 Å². The fourth-order valence-electron chi connectivity index (χ4n) is 3.17. The Morgan fingerprint density at radius 2 is 2.04 bits per heavy atom. The van der Waals surface area contributed by atoms with Gasteiger partial charge in [-0.15, -0.1) is 11.3 Å². The topological polar surface area (TPSA) is 54.7 Å². The zero-order valence-electron chi connectivity index (χ0n) is 13.7. The highest BCUT2D eigenvalue weighted by Gasteiger charge is 2.34. The third-order valence-electron chi connectivity index (χ3n) is 4.45. The van der Waals surface area contributed by atoms with Crippen LogP contribution in [0.5, 0.6) is 0 Å². The van der Waals surface area contributed by atoms with E-state index in [9.17, 15) is 9.59 Å².